The lowest BCUT2D eigenvalue weighted by molar-refractivity contribution is 0.0649. The maximum atomic E-state index is 12.9. The van der Waals surface area contributed by atoms with Crippen LogP contribution in [0.15, 0.2) is 40.6 Å². The normalized spacial score (nSPS) is 17.4. The number of halogens is 1. The number of methoxy groups -OCH3 is 1. The van der Waals surface area contributed by atoms with E-state index in [1.165, 1.54) is 0 Å². The predicted molar refractivity (Wildman–Crippen MR) is 106 cm³/mol. The van der Waals surface area contributed by atoms with Gasteiger partial charge in [0.15, 0.2) is 5.76 Å². The zero-order valence-corrected chi connectivity index (χ0v) is 16.8. The molecule has 2 aliphatic heterocycles. The van der Waals surface area contributed by atoms with Crippen LogP contribution < -0.4 is 9.47 Å². The topological polar surface area (TPSA) is 48.0 Å². The number of hydrogen-bond acceptors (Lipinski definition) is 5. The number of nitrogens with zero attached hydrogens (tertiary/aromatic N) is 1. The van der Waals surface area contributed by atoms with Gasteiger partial charge in [-0.1, -0.05) is 28.1 Å². The summed E-state index contributed by atoms with van der Waals surface area (Å²) in [7, 11) is 1.69. The minimum Gasteiger partial charge on any atom is -0.477 e. The van der Waals surface area contributed by atoms with Crippen molar-refractivity contribution >= 4 is 27.8 Å². The maximum Gasteiger partial charge on any atom is 0.231 e. The van der Waals surface area contributed by atoms with Crippen LogP contribution in [0.1, 0.15) is 27.0 Å². The number of carbonyl (C=O) groups is 1. The molecule has 2 aromatic carbocycles. The Labute approximate surface area is 166 Å². The van der Waals surface area contributed by atoms with Crippen LogP contribution in [0.25, 0.3) is 6.08 Å². The van der Waals surface area contributed by atoms with Gasteiger partial charge in [0.1, 0.15) is 18.2 Å². The molecule has 0 aromatic heterocycles. The fourth-order valence-electron chi connectivity index (χ4n) is 3.41. The standard InChI is InChI=1S/C21H20BrNO4/c1-13-20-15(11-23(12-26-20)6-7-25-2)10-17-19(24)18(27-21(13)17)9-14-4-3-5-16(22)8-14/h3-5,8-10H,6-7,11-12H2,1-2H3/b18-9-. The van der Waals surface area contributed by atoms with E-state index in [9.17, 15) is 4.79 Å². The molecule has 0 aliphatic carbocycles. The van der Waals surface area contributed by atoms with E-state index in [2.05, 4.69) is 20.8 Å². The molecule has 0 amide bonds. The molecule has 4 rings (SSSR count). The number of ether oxygens (including phenoxy) is 3. The van der Waals surface area contributed by atoms with E-state index in [0.29, 0.717) is 30.4 Å². The van der Waals surface area contributed by atoms with Crippen molar-refractivity contribution < 1.29 is 19.0 Å². The largest absolute Gasteiger partial charge is 0.477 e. The molecule has 0 spiro atoms. The molecule has 27 heavy (non-hydrogen) atoms. The molecule has 0 saturated heterocycles. The molecule has 2 aliphatic rings. The summed E-state index contributed by atoms with van der Waals surface area (Å²) in [6, 6.07) is 9.66. The lowest BCUT2D eigenvalue weighted by Gasteiger charge is -2.30. The van der Waals surface area contributed by atoms with Crippen molar-refractivity contribution in [2.24, 2.45) is 0 Å². The average Bonchev–Trinajstić information content (AvgIpc) is 2.96. The van der Waals surface area contributed by atoms with Gasteiger partial charge in [0.2, 0.25) is 5.78 Å². The predicted octanol–water partition coefficient (Wildman–Crippen LogP) is 4.17. The van der Waals surface area contributed by atoms with E-state index in [1.807, 2.05) is 37.3 Å². The summed E-state index contributed by atoms with van der Waals surface area (Å²) >= 11 is 3.45. The number of hydrogen-bond donors (Lipinski definition) is 0. The molecule has 140 valence electrons. The molecule has 0 unspecified atom stereocenters. The van der Waals surface area contributed by atoms with Crippen LogP contribution >= 0.6 is 15.9 Å². The third-order valence-electron chi connectivity index (χ3n) is 4.76. The summed E-state index contributed by atoms with van der Waals surface area (Å²) in [5.41, 5.74) is 3.39. The number of ketones is 1. The molecule has 2 aromatic rings. The van der Waals surface area contributed by atoms with Crippen molar-refractivity contribution in [3.05, 3.63) is 62.8 Å². The van der Waals surface area contributed by atoms with Crippen LogP contribution in [0.3, 0.4) is 0 Å². The minimum absolute atomic E-state index is 0.0927. The second kappa shape index (κ2) is 7.46. The highest BCUT2D eigenvalue weighted by molar-refractivity contribution is 9.10. The van der Waals surface area contributed by atoms with Gasteiger partial charge in [-0.25, -0.2) is 0 Å². The molecule has 5 nitrogen and oxygen atoms in total. The van der Waals surface area contributed by atoms with Crippen molar-refractivity contribution in [3.63, 3.8) is 0 Å². The van der Waals surface area contributed by atoms with E-state index < -0.39 is 0 Å². The number of fused-ring (bicyclic) bond motifs is 2. The summed E-state index contributed by atoms with van der Waals surface area (Å²) in [5, 5.41) is 0. The van der Waals surface area contributed by atoms with Gasteiger partial charge in [-0.05, 0) is 36.8 Å². The molecule has 0 saturated carbocycles. The third-order valence-corrected chi connectivity index (χ3v) is 5.25. The lowest BCUT2D eigenvalue weighted by Crippen LogP contribution is -2.34. The summed E-state index contributed by atoms with van der Waals surface area (Å²) in [4.78, 5) is 15.0. The maximum absolute atomic E-state index is 12.9. The Bertz CT molecular complexity index is 938. The number of carbonyl (C=O) groups excluding carboxylic acids is 1. The zero-order chi connectivity index (χ0) is 19.0. The van der Waals surface area contributed by atoms with Crippen LogP contribution in [0.2, 0.25) is 0 Å². The van der Waals surface area contributed by atoms with Gasteiger partial charge >= 0.3 is 0 Å². The van der Waals surface area contributed by atoms with Crippen LogP contribution in [-0.2, 0) is 11.3 Å². The zero-order valence-electron chi connectivity index (χ0n) is 15.3. The Morgan fingerprint density at radius 1 is 1.30 bits per heavy atom. The second-order valence-electron chi connectivity index (χ2n) is 6.68. The first-order valence-electron chi connectivity index (χ1n) is 8.77. The molecule has 6 heteroatoms. The number of allylic oxidation sites excluding steroid dienone is 1. The van der Waals surface area contributed by atoms with E-state index >= 15 is 0 Å². The second-order valence-corrected chi connectivity index (χ2v) is 7.60. The van der Waals surface area contributed by atoms with E-state index in [4.69, 9.17) is 14.2 Å². The van der Waals surface area contributed by atoms with E-state index in [1.54, 1.807) is 13.2 Å². The quantitative estimate of drug-likeness (QED) is 0.682. The van der Waals surface area contributed by atoms with Crippen molar-refractivity contribution in [3.8, 4) is 11.5 Å². The summed E-state index contributed by atoms with van der Waals surface area (Å²) < 4.78 is 18.0. The van der Waals surface area contributed by atoms with Gasteiger partial charge in [-0.2, -0.15) is 0 Å². The van der Waals surface area contributed by atoms with Crippen molar-refractivity contribution in [2.75, 3.05) is 27.0 Å². The van der Waals surface area contributed by atoms with Crippen molar-refractivity contribution in [1.82, 2.24) is 4.90 Å². The number of Topliss-reactive ketones (excluding diaryl/α,β-unsaturated/α-hetero) is 1. The number of benzene rings is 2. The summed E-state index contributed by atoms with van der Waals surface area (Å²) in [5.74, 6) is 1.67. The molecule has 0 fully saturated rings. The van der Waals surface area contributed by atoms with Crippen LogP contribution in [0.5, 0.6) is 11.5 Å². The average molecular weight is 430 g/mol. The summed E-state index contributed by atoms with van der Waals surface area (Å²) in [6.45, 7) is 4.60. The minimum atomic E-state index is -0.0927. The van der Waals surface area contributed by atoms with Crippen LogP contribution in [0.4, 0.5) is 0 Å². The third kappa shape index (κ3) is 3.52. The molecule has 0 radical (unpaired) electrons. The van der Waals surface area contributed by atoms with E-state index in [0.717, 1.165) is 40.0 Å². The van der Waals surface area contributed by atoms with E-state index in [-0.39, 0.29) is 5.78 Å². The summed E-state index contributed by atoms with van der Waals surface area (Å²) in [6.07, 6.45) is 1.78. The Morgan fingerprint density at radius 3 is 2.93 bits per heavy atom. The first kappa shape index (κ1) is 18.2. The Balaban J connectivity index is 1.65. The molecule has 0 bridgehead atoms. The highest BCUT2D eigenvalue weighted by Gasteiger charge is 2.33. The first-order valence-corrected chi connectivity index (χ1v) is 9.56. The Kier molecular flexibility index (Phi) is 5.04. The smallest absolute Gasteiger partial charge is 0.231 e. The van der Waals surface area contributed by atoms with Gasteiger partial charge in [0.05, 0.1) is 12.2 Å². The first-order chi connectivity index (χ1) is 13.1. The van der Waals surface area contributed by atoms with Crippen molar-refractivity contribution in [1.29, 1.82) is 0 Å². The van der Waals surface area contributed by atoms with Crippen LogP contribution in [-0.4, -0.2) is 37.7 Å². The fraction of sp³-hybridized carbons (Fsp3) is 0.286. The SMILES string of the molecule is COCCN1COc2c(cc3c(c2C)O/C(=C\c2cccc(Br)c2)C3=O)C1. The lowest BCUT2D eigenvalue weighted by atomic mass is 10.00. The fourth-order valence-corrected chi connectivity index (χ4v) is 3.82. The van der Waals surface area contributed by atoms with Gasteiger partial charge in [-0.15, -0.1) is 0 Å². The van der Waals surface area contributed by atoms with Gasteiger partial charge in [-0.3, -0.25) is 9.69 Å². The number of rotatable bonds is 4. The Hall–Kier alpha value is -2.15. The van der Waals surface area contributed by atoms with Gasteiger partial charge in [0.25, 0.3) is 0 Å². The highest BCUT2D eigenvalue weighted by atomic mass is 79.9. The molecule has 0 atom stereocenters. The Morgan fingerprint density at radius 2 is 2.15 bits per heavy atom. The molecular weight excluding hydrogens is 410 g/mol. The van der Waals surface area contributed by atoms with Gasteiger partial charge in [0, 0.05) is 35.8 Å². The highest BCUT2D eigenvalue weighted by Crippen LogP contribution is 2.43. The van der Waals surface area contributed by atoms with Crippen LogP contribution in [0, 0.1) is 6.92 Å². The monoisotopic (exact) mass is 429 g/mol. The molecule has 2 heterocycles. The van der Waals surface area contributed by atoms with Crippen molar-refractivity contribution in [2.45, 2.75) is 13.5 Å². The van der Waals surface area contributed by atoms with Gasteiger partial charge < -0.3 is 14.2 Å². The molecular formula is C21H20BrNO4. The molecule has 0 N–H and O–H groups in total.